The maximum atomic E-state index is 11.3. The number of rotatable bonds is 1. The number of ether oxygens (including phenoxy) is 1. The third-order valence-corrected chi connectivity index (χ3v) is 1.40. The Balaban J connectivity index is 3.08. The van der Waals surface area contributed by atoms with Crippen LogP contribution in [-0.4, -0.2) is 15.6 Å². The molecule has 1 rings (SSSR count). The van der Waals surface area contributed by atoms with E-state index >= 15 is 0 Å². The highest BCUT2D eigenvalue weighted by Gasteiger charge is 2.16. The average molecular weight is 182 g/mol. The highest BCUT2D eigenvalue weighted by molar-refractivity contribution is 5.22. The predicted molar refractivity (Wildman–Crippen MR) is 50.0 cm³/mol. The predicted octanol–water partition coefficient (Wildman–Crippen LogP) is 1.26. The number of aryl methyl sites for hydroxylation is 1. The lowest BCUT2D eigenvalue weighted by molar-refractivity contribution is 0.126. The number of nitrogens with one attached hydrogen (secondary N) is 1. The van der Waals surface area contributed by atoms with Crippen molar-refractivity contribution < 1.29 is 4.74 Å². The van der Waals surface area contributed by atoms with Crippen molar-refractivity contribution in [1.29, 1.82) is 0 Å². The van der Waals surface area contributed by atoms with Gasteiger partial charge in [0.1, 0.15) is 5.60 Å². The maximum Gasteiger partial charge on any atom is 0.293 e. The van der Waals surface area contributed by atoms with Crippen molar-refractivity contribution in [2.75, 3.05) is 0 Å². The zero-order valence-electron chi connectivity index (χ0n) is 8.34. The van der Waals surface area contributed by atoms with Gasteiger partial charge in [0.25, 0.3) is 5.56 Å². The van der Waals surface area contributed by atoms with Gasteiger partial charge in [-0.25, -0.2) is 4.98 Å². The molecule has 1 aromatic heterocycles. The van der Waals surface area contributed by atoms with Crippen LogP contribution in [0.2, 0.25) is 0 Å². The van der Waals surface area contributed by atoms with Crippen molar-refractivity contribution in [3.8, 4) is 5.75 Å². The molecule has 0 aliphatic carbocycles. The molecule has 4 nitrogen and oxygen atoms in total. The van der Waals surface area contributed by atoms with E-state index in [2.05, 4.69) is 9.97 Å². The molecule has 72 valence electrons. The minimum atomic E-state index is -0.374. The van der Waals surface area contributed by atoms with Crippen molar-refractivity contribution in [2.45, 2.75) is 33.3 Å². The molecule has 0 spiro atoms. The normalized spacial score (nSPS) is 11.4. The first kappa shape index (κ1) is 9.77. The van der Waals surface area contributed by atoms with Crippen LogP contribution in [0, 0.1) is 6.92 Å². The molecule has 0 aliphatic rings. The van der Waals surface area contributed by atoms with Crippen molar-refractivity contribution in [3.05, 3.63) is 22.4 Å². The SMILES string of the molecule is Cc1nc[nH]c(=O)c1OC(C)(C)C. The Morgan fingerprint density at radius 3 is 2.54 bits per heavy atom. The minimum absolute atomic E-state index is 0.234. The molecule has 1 aromatic rings. The fraction of sp³-hybridized carbons (Fsp3) is 0.556. The Hall–Kier alpha value is -1.32. The second kappa shape index (κ2) is 3.20. The molecule has 1 N–H and O–H groups in total. The van der Waals surface area contributed by atoms with Gasteiger partial charge in [-0.2, -0.15) is 0 Å². The van der Waals surface area contributed by atoms with Crippen LogP contribution in [0.15, 0.2) is 11.1 Å². The van der Waals surface area contributed by atoms with Crippen LogP contribution in [0.1, 0.15) is 26.5 Å². The zero-order valence-corrected chi connectivity index (χ0v) is 8.34. The standard InChI is InChI=1S/C9H14N2O2/c1-6-7(13-9(2,3)4)8(12)11-5-10-6/h5H,1-4H3,(H,10,11,12). The quantitative estimate of drug-likeness (QED) is 0.711. The van der Waals surface area contributed by atoms with Crippen LogP contribution in [0.4, 0.5) is 0 Å². The van der Waals surface area contributed by atoms with Gasteiger partial charge in [-0.05, 0) is 27.7 Å². The molecule has 0 saturated heterocycles. The first-order valence-electron chi connectivity index (χ1n) is 4.13. The van der Waals surface area contributed by atoms with Gasteiger partial charge in [0.15, 0.2) is 0 Å². The molecule has 0 aliphatic heterocycles. The van der Waals surface area contributed by atoms with Gasteiger partial charge in [-0.3, -0.25) is 4.79 Å². The van der Waals surface area contributed by atoms with Gasteiger partial charge in [-0.1, -0.05) is 0 Å². The molecule has 0 amide bonds. The lowest BCUT2D eigenvalue weighted by Crippen LogP contribution is -2.27. The monoisotopic (exact) mass is 182 g/mol. The second-order valence-electron chi connectivity index (χ2n) is 3.86. The van der Waals surface area contributed by atoms with E-state index in [9.17, 15) is 4.79 Å². The first-order valence-corrected chi connectivity index (χ1v) is 4.13. The molecule has 0 saturated carbocycles. The fourth-order valence-electron chi connectivity index (χ4n) is 0.903. The Morgan fingerprint density at radius 2 is 2.08 bits per heavy atom. The topological polar surface area (TPSA) is 55.0 Å². The summed E-state index contributed by atoms with van der Waals surface area (Å²) >= 11 is 0. The van der Waals surface area contributed by atoms with E-state index in [1.807, 2.05) is 20.8 Å². The fourth-order valence-corrected chi connectivity index (χ4v) is 0.903. The van der Waals surface area contributed by atoms with Crippen molar-refractivity contribution in [1.82, 2.24) is 9.97 Å². The van der Waals surface area contributed by atoms with E-state index in [1.54, 1.807) is 6.92 Å². The summed E-state index contributed by atoms with van der Waals surface area (Å²) in [6.45, 7) is 7.41. The summed E-state index contributed by atoms with van der Waals surface area (Å²) < 4.78 is 5.46. The number of H-pyrrole nitrogens is 1. The van der Waals surface area contributed by atoms with Gasteiger partial charge in [0.05, 0.1) is 12.0 Å². The van der Waals surface area contributed by atoms with Crippen LogP contribution >= 0.6 is 0 Å². The van der Waals surface area contributed by atoms with Gasteiger partial charge in [0.2, 0.25) is 5.75 Å². The number of hydrogen-bond donors (Lipinski definition) is 1. The smallest absolute Gasteiger partial charge is 0.293 e. The van der Waals surface area contributed by atoms with E-state index in [0.29, 0.717) is 11.4 Å². The van der Waals surface area contributed by atoms with Crippen LogP contribution in [0.25, 0.3) is 0 Å². The van der Waals surface area contributed by atoms with Crippen LogP contribution in [0.5, 0.6) is 5.75 Å². The van der Waals surface area contributed by atoms with Gasteiger partial charge in [-0.15, -0.1) is 0 Å². The molecule has 0 unspecified atom stereocenters. The summed E-state index contributed by atoms with van der Waals surface area (Å²) in [5.41, 5.74) is 0.00181. The highest BCUT2D eigenvalue weighted by Crippen LogP contribution is 2.15. The van der Waals surface area contributed by atoms with Crippen molar-refractivity contribution >= 4 is 0 Å². The van der Waals surface area contributed by atoms with Crippen LogP contribution < -0.4 is 10.3 Å². The highest BCUT2D eigenvalue weighted by atomic mass is 16.5. The Morgan fingerprint density at radius 1 is 1.46 bits per heavy atom. The lowest BCUT2D eigenvalue weighted by atomic mass is 10.2. The summed E-state index contributed by atoms with van der Waals surface area (Å²) in [5, 5.41) is 0. The molecule has 0 radical (unpaired) electrons. The number of aromatic nitrogens is 2. The molecule has 0 bridgehead atoms. The summed E-state index contributed by atoms with van der Waals surface area (Å²) in [6, 6.07) is 0. The molecule has 4 heteroatoms. The van der Waals surface area contributed by atoms with Crippen molar-refractivity contribution in [2.24, 2.45) is 0 Å². The third-order valence-electron chi connectivity index (χ3n) is 1.40. The van der Waals surface area contributed by atoms with Gasteiger partial charge in [0, 0.05) is 0 Å². The third kappa shape index (κ3) is 2.57. The van der Waals surface area contributed by atoms with Crippen LogP contribution in [-0.2, 0) is 0 Å². The van der Waals surface area contributed by atoms with E-state index in [1.165, 1.54) is 6.33 Å². The summed E-state index contributed by atoms with van der Waals surface area (Å²) in [4.78, 5) is 17.7. The van der Waals surface area contributed by atoms with Gasteiger partial charge >= 0.3 is 0 Å². The first-order chi connectivity index (χ1) is 5.90. The molecule has 0 atom stereocenters. The molecular weight excluding hydrogens is 168 g/mol. The summed E-state index contributed by atoms with van der Waals surface area (Å²) in [7, 11) is 0. The van der Waals surface area contributed by atoms with E-state index in [4.69, 9.17) is 4.74 Å². The minimum Gasteiger partial charge on any atom is -0.481 e. The Labute approximate surface area is 77.0 Å². The Kier molecular flexibility index (Phi) is 2.40. The summed E-state index contributed by atoms with van der Waals surface area (Å²) in [5.74, 6) is 0.301. The maximum absolute atomic E-state index is 11.3. The number of nitrogens with zero attached hydrogens (tertiary/aromatic N) is 1. The summed E-state index contributed by atoms with van der Waals surface area (Å²) in [6.07, 6.45) is 1.37. The largest absolute Gasteiger partial charge is 0.481 e. The van der Waals surface area contributed by atoms with E-state index in [-0.39, 0.29) is 11.2 Å². The van der Waals surface area contributed by atoms with E-state index in [0.717, 1.165) is 0 Å². The molecule has 0 fully saturated rings. The van der Waals surface area contributed by atoms with Crippen molar-refractivity contribution in [3.63, 3.8) is 0 Å². The number of hydrogen-bond acceptors (Lipinski definition) is 3. The second-order valence-corrected chi connectivity index (χ2v) is 3.86. The average Bonchev–Trinajstić information content (AvgIpc) is 1.95. The number of aromatic amines is 1. The lowest BCUT2D eigenvalue weighted by Gasteiger charge is -2.20. The molecular formula is C9H14N2O2. The Bertz CT molecular complexity index is 349. The molecule has 0 aromatic carbocycles. The van der Waals surface area contributed by atoms with Gasteiger partial charge < -0.3 is 9.72 Å². The van der Waals surface area contributed by atoms with E-state index < -0.39 is 0 Å². The zero-order chi connectivity index (χ0) is 10.1. The molecule has 1 heterocycles. The molecule has 13 heavy (non-hydrogen) atoms. The van der Waals surface area contributed by atoms with Crippen LogP contribution in [0.3, 0.4) is 0 Å².